The van der Waals surface area contributed by atoms with Crippen LogP contribution in [-0.4, -0.2) is 48.4 Å². The monoisotopic (exact) mass is 306 g/mol. The van der Waals surface area contributed by atoms with Crippen molar-refractivity contribution < 1.29 is 9.59 Å². The summed E-state index contributed by atoms with van der Waals surface area (Å²) in [6, 6.07) is 8.98. The second-order valence-electron chi connectivity index (χ2n) is 5.35. The summed E-state index contributed by atoms with van der Waals surface area (Å²) in [7, 11) is 0. The lowest BCUT2D eigenvalue weighted by Crippen LogP contribution is -2.45. The van der Waals surface area contributed by atoms with Crippen LogP contribution in [0.4, 0.5) is 0 Å². The summed E-state index contributed by atoms with van der Waals surface area (Å²) in [6.45, 7) is 1.71. The van der Waals surface area contributed by atoms with Crippen molar-refractivity contribution in [2.45, 2.75) is 12.8 Å². The Morgan fingerprint density at radius 1 is 1.33 bits per heavy atom. The molecular weight excluding hydrogens is 284 g/mol. The first kappa shape index (κ1) is 15.9. The first-order valence-corrected chi connectivity index (χ1v) is 8.70. The Kier molecular flexibility index (Phi) is 6.11. The van der Waals surface area contributed by atoms with Gasteiger partial charge >= 0.3 is 0 Å². The van der Waals surface area contributed by atoms with E-state index >= 15 is 0 Å². The Labute approximate surface area is 130 Å². The number of piperidine rings is 1. The van der Waals surface area contributed by atoms with Gasteiger partial charge in [0.1, 0.15) is 0 Å². The molecule has 1 aliphatic rings. The Morgan fingerprint density at radius 2 is 2.10 bits per heavy atom. The topological polar surface area (TPSA) is 49.4 Å². The van der Waals surface area contributed by atoms with Gasteiger partial charge < -0.3 is 10.2 Å². The van der Waals surface area contributed by atoms with Crippen LogP contribution in [0.1, 0.15) is 23.2 Å². The molecule has 0 aromatic heterocycles. The summed E-state index contributed by atoms with van der Waals surface area (Å²) in [4.78, 5) is 26.0. The molecule has 1 atom stereocenters. The predicted molar refractivity (Wildman–Crippen MR) is 86.5 cm³/mol. The number of thioether (sulfide) groups is 1. The number of hydrogen-bond acceptors (Lipinski definition) is 3. The van der Waals surface area contributed by atoms with Crippen molar-refractivity contribution in [3.05, 3.63) is 35.9 Å². The highest BCUT2D eigenvalue weighted by Gasteiger charge is 2.23. The van der Waals surface area contributed by atoms with E-state index in [0.29, 0.717) is 11.5 Å². The van der Waals surface area contributed by atoms with Crippen LogP contribution in [0.5, 0.6) is 0 Å². The minimum absolute atomic E-state index is 0.0186. The molecule has 1 N–H and O–H groups in total. The zero-order valence-electron chi connectivity index (χ0n) is 12.4. The molecule has 114 valence electrons. The minimum atomic E-state index is -0.193. The molecule has 1 saturated heterocycles. The third-order valence-corrected chi connectivity index (χ3v) is 4.51. The second kappa shape index (κ2) is 8.08. The molecule has 0 bridgehead atoms. The van der Waals surface area contributed by atoms with Crippen LogP contribution in [0.15, 0.2) is 30.3 Å². The number of likely N-dealkylation sites (tertiary alicyclic amines) is 1. The smallest absolute Gasteiger partial charge is 0.251 e. The average Bonchev–Trinajstić information content (AvgIpc) is 2.53. The third-order valence-electron chi connectivity index (χ3n) is 3.71. The number of amides is 2. The van der Waals surface area contributed by atoms with Crippen molar-refractivity contribution in [2.24, 2.45) is 5.92 Å². The molecule has 0 saturated carbocycles. The SMILES string of the molecule is CSC[C@@H]1CCCN(C(=O)CNC(=O)c2ccccc2)C1. The number of carbonyl (C=O) groups is 2. The van der Waals surface area contributed by atoms with Crippen molar-refractivity contribution in [2.75, 3.05) is 31.6 Å². The zero-order valence-corrected chi connectivity index (χ0v) is 13.2. The highest BCUT2D eigenvalue weighted by molar-refractivity contribution is 7.98. The van der Waals surface area contributed by atoms with Gasteiger partial charge in [-0.3, -0.25) is 9.59 Å². The van der Waals surface area contributed by atoms with E-state index in [-0.39, 0.29) is 18.4 Å². The molecule has 1 aromatic carbocycles. The van der Waals surface area contributed by atoms with E-state index in [4.69, 9.17) is 0 Å². The fourth-order valence-electron chi connectivity index (χ4n) is 2.62. The van der Waals surface area contributed by atoms with Gasteiger partial charge in [-0.05, 0) is 42.9 Å². The predicted octanol–water partition coefficient (Wildman–Crippen LogP) is 2.02. The van der Waals surface area contributed by atoms with Gasteiger partial charge in [-0.1, -0.05) is 18.2 Å². The van der Waals surface area contributed by atoms with Gasteiger partial charge in [-0.25, -0.2) is 0 Å². The molecule has 21 heavy (non-hydrogen) atoms. The lowest BCUT2D eigenvalue weighted by molar-refractivity contribution is -0.131. The van der Waals surface area contributed by atoms with Gasteiger partial charge in [0.05, 0.1) is 6.54 Å². The van der Waals surface area contributed by atoms with E-state index in [1.165, 1.54) is 6.42 Å². The Hall–Kier alpha value is -1.49. The molecule has 1 fully saturated rings. The van der Waals surface area contributed by atoms with Gasteiger partial charge in [-0.2, -0.15) is 11.8 Å². The van der Waals surface area contributed by atoms with Crippen LogP contribution in [0.25, 0.3) is 0 Å². The van der Waals surface area contributed by atoms with Gasteiger partial charge in [0.2, 0.25) is 5.91 Å². The maximum absolute atomic E-state index is 12.2. The van der Waals surface area contributed by atoms with Crippen LogP contribution in [0, 0.1) is 5.92 Å². The number of nitrogens with zero attached hydrogens (tertiary/aromatic N) is 1. The zero-order chi connectivity index (χ0) is 15.1. The maximum atomic E-state index is 12.2. The first-order chi connectivity index (χ1) is 10.2. The van der Waals surface area contributed by atoms with Gasteiger partial charge in [-0.15, -0.1) is 0 Å². The summed E-state index contributed by atoms with van der Waals surface area (Å²) in [5.41, 5.74) is 0.587. The van der Waals surface area contributed by atoms with Crippen molar-refractivity contribution in [3.63, 3.8) is 0 Å². The van der Waals surface area contributed by atoms with Gasteiger partial charge in [0, 0.05) is 18.7 Å². The highest BCUT2D eigenvalue weighted by atomic mass is 32.2. The number of benzene rings is 1. The molecule has 0 unspecified atom stereocenters. The molecule has 1 aromatic rings. The minimum Gasteiger partial charge on any atom is -0.343 e. The Bertz CT molecular complexity index is 476. The lowest BCUT2D eigenvalue weighted by Gasteiger charge is -2.32. The average molecular weight is 306 g/mol. The van der Waals surface area contributed by atoms with E-state index in [9.17, 15) is 9.59 Å². The molecule has 1 aliphatic heterocycles. The highest BCUT2D eigenvalue weighted by Crippen LogP contribution is 2.19. The van der Waals surface area contributed by atoms with Crippen LogP contribution in [-0.2, 0) is 4.79 Å². The van der Waals surface area contributed by atoms with Crippen LogP contribution < -0.4 is 5.32 Å². The van der Waals surface area contributed by atoms with Crippen molar-refractivity contribution in [3.8, 4) is 0 Å². The van der Waals surface area contributed by atoms with Gasteiger partial charge in [0.25, 0.3) is 5.91 Å². The van der Waals surface area contributed by atoms with E-state index < -0.39 is 0 Å². The van der Waals surface area contributed by atoms with E-state index in [2.05, 4.69) is 11.6 Å². The Morgan fingerprint density at radius 3 is 2.81 bits per heavy atom. The maximum Gasteiger partial charge on any atom is 0.251 e. The van der Waals surface area contributed by atoms with Crippen LogP contribution in [0.2, 0.25) is 0 Å². The summed E-state index contributed by atoms with van der Waals surface area (Å²) in [6.07, 6.45) is 4.35. The number of hydrogen-bond donors (Lipinski definition) is 1. The van der Waals surface area contributed by atoms with Crippen LogP contribution >= 0.6 is 11.8 Å². The molecule has 0 aliphatic carbocycles. The summed E-state index contributed by atoms with van der Waals surface area (Å²) in [5.74, 6) is 1.51. The quantitative estimate of drug-likeness (QED) is 0.905. The van der Waals surface area contributed by atoms with Crippen molar-refractivity contribution >= 4 is 23.6 Å². The lowest BCUT2D eigenvalue weighted by atomic mass is 10.00. The summed E-state index contributed by atoms with van der Waals surface area (Å²) in [5, 5.41) is 2.71. The summed E-state index contributed by atoms with van der Waals surface area (Å²) >= 11 is 1.83. The Balaban J connectivity index is 1.80. The molecule has 4 nitrogen and oxygen atoms in total. The van der Waals surface area contributed by atoms with E-state index in [1.54, 1.807) is 12.1 Å². The standard InChI is InChI=1S/C16H22N2O2S/c1-21-12-13-6-5-9-18(11-13)15(19)10-17-16(20)14-7-3-2-4-8-14/h2-4,7-8,13H,5-6,9-12H2,1H3,(H,17,20)/t13-/m1/s1. The largest absolute Gasteiger partial charge is 0.343 e. The second-order valence-corrected chi connectivity index (χ2v) is 6.26. The molecule has 0 radical (unpaired) electrons. The van der Waals surface area contributed by atoms with Gasteiger partial charge in [0.15, 0.2) is 0 Å². The van der Waals surface area contributed by atoms with Crippen molar-refractivity contribution in [1.82, 2.24) is 10.2 Å². The van der Waals surface area contributed by atoms with Crippen molar-refractivity contribution in [1.29, 1.82) is 0 Å². The first-order valence-electron chi connectivity index (χ1n) is 7.30. The van der Waals surface area contributed by atoms with E-state index in [1.807, 2.05) is 34.9 Å². The molecule has 0 spiro atoms. The molecule has 2 amide bonds. The summed E-state index contributed by atoms with van der Waals surface area (Å²) < 4.78 is 0. The molecule has 2 rings (SSSR count). The number of rotatable bonds is 5. The molecule has 5 heteroatoms. The number of nitrogens with one attached hydrogen (secondary N) is 1. The van der Waals surface area contributed by atoms with E-state index in [0.717, 1.165) is 25.3 Å². The third kappa shape index (κ3) is 4.77. The fraction of sp³-hybridized carbons (Fsp3) is 0.500. The fourth-order valence-corrected chi connectivity index (χ4v) is 3.37. The molecular formula is C16H22N2O2S. The number of carbonyl (C=O) groups excluding carboxylic acids is 2. The normalized spacial score (nSPS) is 18.3. The van der Waals surface area contributed by atoms with Crippen LogP contribution in [0.3, 0.4) is 0 Å². The molecule has 1 heterocycles.